The molecule has 0 aliphatic rings. The van der Waals surface area contributed by atoms with Crippen molar-refractivity contribution in [2.24, 2.45) is 5.41 Å². The van der Waals surface area contributed by atoms with Crippen LogP contribution < -0.4 is 9.47 Å². The Kier molecular flexibility index (Phi) is 16.6. The van der Waals surface area contributed by atoms with Gasteiger partial charge in [0.1, 0.15) is 12.7 Å². The molecule has 10 heteroatoms. The first kappa shape index (κ1) is 36.0. The second-order valence-corrected chi connectivity index (χ2v) is 13.0. The molecule has 0 N–H and O–H groups in total. The van der Waals surface area contributed by atoms with E-state index in [0.717, 1.165) is 38.5 Å². The van der Waals surface area contributed by atoms with E-state index in [0.29, 0.717) is 30.3 Å². The first-order valence-electron chi connectivity index (χ1n) is 14.7. The molecule has 2 atom stereocenters. The molecule has 9 nitrogen and oxygen atoms in total. The van der Waals surface area contributed by atoms with E-state index in [2.05, 4.69) is 51.1 Å². The highest BCUT2D eigenvalue weighted by molar-refractivity contribution is 7.44. The average Bonchev–Trinajstić information content (AvgIpc) is 2.86. The molecule has 0 bridgehead atoms. The van der Waals surface area contributed by atoms with E-state index >= 15 is 0 Å². The van der Waals surface area contributed by atoms with Crippen molar-refractivity contribution in [2.75, 3.05) is 26.4 Å². The summed E-state index contributed by atoms with van der Waals surface area (Å²) in [4.78, 5) is 15.5. The topological polar surface area (TPSA) is 87.7 Å². The van der Waals surface area contributed by atoms with Crippen LogP contribution >= 0.6 is 8.53 Å². The molecule has 1 aromatic carbocycles. The van der Waals surface area contributed by atoms with Crippen LogP contribution in [-0.2, 0) is 9.05 Å². The molecule has 0 radical (unpaired) electrons. The largest absolute Gasteiger partial charge is 0.490 e. The Morgan fingerprint density at radius 3 is 1.90 bits per heavy atom. The Bertz CT molecular complexity index is 921. The van der Waals surface area contributed by atoms with Gasteiger partial charge in [-0.05, 0) is 52.0 Å². The lowest BCUT2D eigenvalue weighted by atomic mass is 9.84. The third kappa shape index (κ3) is 11.9. The summed E-state index contributed by atoms with van der Waals surface area (Å²) in [6, 6.07) is 3.43. The highest BCUT2D eigenvalue weighted by Gasteiger charge is 2.39. The maximum absolute atomic E-state index is 12.4. The Morgan fingerprint density at radius 1 is 0.950 bits per heavy atom. The molecule has 2 unspecified atom stereocenters. The lowest BCUT2D eigenvalue weighted by Gasteiger charge is -2.40. The van der Waals surface area contributed by atoms with E-state index in [4.69, 9.17) is 25.1 Å². The van der Waals surface area contributed by atoms with E-state index in [1.54, 1.807) is 6.07 Å². The van der Waals surface area contributed by atoms with Crippen LogP contribution in [0.4, 0.5) is 5.69 Å². The van der Waals surface area contributed by atoms with Crippen molar-refractivity contribution in [3.8, 4) is 11.5 Å². The zero-order chi connectivity index (χ0) is 30.3. The van der Waals surface area contributed by atoms with E-state index < -0.39 is 20.0 Å². The Morgan fingerprint density at radius 2 is 1.48 bits per heavy atom. The van der Waals surface area contributed by atoms with Crippen molar-refractivity contribution < 1.29 is 23.4 Å². The summed E-state index contributed by atoms with van der Waals surface area (Å²) < 4.78 is 27.2. The minimum atomic E-state index is -1.63. The fraction of sp³-hybridized carbons (Fsp3) is 0.767. The van der Waals surface area contributed by atoms with Crippen molar-refractivity contribution in [1.29, 1.82) is 0 Å². The van der Waals surface area contributed by atoms with Gasteiger partial charge >= 0.3 is 0 Å². The molecule has 1 rings (SSSR count). The van der Waals surface area contributed by atoms with Gasteiger partial charge in [0.15, 0.2) is 11.5 Å². The van der Waals surface area contributed by atoms with Gasteiger partial charge in [0, 0.05) is 12.1 Å². The maximum atomic E-state index is 12.4. The van der Waals surface area contributed by atoms with Crippen LogP contribution in [-0.4, -0.2) is 48.0 Å². The fourth-order valence-corrected chi connectivity index (χ4v) is 6.19. The number of unbranched alkanes of at least 4 members (excludes halogenated alkanes) is 4. The standard InChI is InChI=1S/C30H52N3O6P/c1-11-13-15-18-36-27-21-25(26(33(34)35)22-28(27)37-19-16-14-12-2)29(30(7,8)9)39-40(38-20-17-31-10)32(23(3)4)24(5)6/h21-24,29H,11-20H2,1-9H3. The summed E-state index contributed by atoms with van der Waals surface area (Å²) >= 11 is 0. The molecule has 0 aliphatic heterocycles. The summed E-state index contributed by atoms with van der Waals surface area (Å²) in [5.74, 6) is 0.881. The lowest BCUT2D eigenvalue weighted by molar-refractivity contribution is -0.386. The van der Waals surface area contributed by atoms with Crippen LogP contribution in [0.2, 0.25) is 0 Å². The normalized spacial score (nSPS) is 13.5. The summed E-state index contributed by atoms with van der Waals surface area (Å²) in [5.41, 5.74) is -0.155. The molecule has 0 fully saturated rings. The summed E-state index contributed by atoms with van der Waals surface area (Å²) in [6.45, 7) is 27.1. The molecule has 0 spiro atoms. The molecule has 40 heavy (non-hydrogen) atoms. The van der Waals surface area contributed by atoms with Crippen molar-refractivity contribution in [1.82, 2.24) is 4.67 Å². The third-order valence-corrected chi connectivity index (χ3v) is 8.31. The summed E-state index contributed by atoms with van der Waals surface area (Å²) in [7, 11) is -1.63. The van der Waals surface area contributed by atoms with Gasteiger partial charge in [0.2, 0.25) is 6.54 Å². The van der Waals surface area contributed by atoms with Crippen LogP contribution in [0, 0.1) is 22.1 Å². The first-order chi connectivity index (χ1) is 18.9. The molecule has 0 saturated heterocycles. The minimum absolute atomic E-state index is 0.0666. The van der Waals surface area contributed by atoms with Crippen LogP contribution in [0.3, 0.4) is 0 Å². The number of hydrogen-bond donors (Lipinski definition) is 0. The van der Waals surface area contributed by atoms with E-state index in [1.165, 1.54) is 6.07 Å². The van der Waals surface area contributed by atoms with Crippen LogP contribution in [0.25, 0.3) is 4.85 Å². The van der Waals surface area contributed by atoms with E-state index in [9.17, 15) is 10.1 Å². The number of nitro groups is 1. The van der Waals surface area contributed by atoms with Gasteiger partial charge < -0.3 is 23.4 Å². The number of nitrogens with zero attached hydrogens (tertiary/aromatic N) is 3. The van der Waals surface area contributed by atoms with Gasteiger partial charge in [-0.3, -0.25) is 10.1 Å². The van der Waals surface area contributed by atoms with Gasteiger partial charge in [-0.1, -0.05) is 60.3 Å². The second-order valence-electron chi connectivity index (χ2n) is 11.6. The molecule has 0 aliphatic carbocycles. The predicted octanol–water partition coefficient (Wildman–Crippen LogP) is 9.12. The monoisotopic (exact) mass is 581 g/mol. The first-order valence-corrected chi connectivity index (χ1v) is 15.8. The predicted molar refractivity (Wildman–Crippen MR) is 163 cm³/mol. The Balaban J connectivity index is 3.65. The summed E-state index contributed by atoms with van der Waals surface area (Å²) in [5, 5.41) is 12.4. The molecule has 0 amide bonds. The summed E-state index contributed by atoms with van der Waals surface area (Å²) in [6.07, 6.45) is 5.24. The number of benzene rings is 1. The van der Waals surface area contributed by atoms with Crippen molar-refractivity contribution >= 4 is 14.2 Å². The molecular formula is C30H52N3O6P. The molecule has 1 aromatic rings. The van der Waals surface area contributed by atoms with Crippen molar-refractivity contribution in [3.05, 3.63) is 39.2 Å². The minimum Gasteiger partial charge on any atom is -0.490 e. The number of ether oxygens (including phenoxy) is 2. The van der Waals surface area contributed by atoms with Crippen LogP contribution in [0.15, 0.2) is 12.1 Å². The second kappa shape index (κ2) is 18.5. The maximum Gasteiger partial charge on any atom is 0.279 e. The number of hydrogen-bond acceptors (Lipinski definition) is 7. The van der Waals surface area contributed by atoms with Gasteiger partial charge in [0.05, 0.1) is 29.8 Å². The van der Waals surface area contributed by atoms with Gasteiger partial charge in [-0.25, -0.2) is 11.2 Å². The smallest absolute Gasteiger partial charge is 0.279 e. The molecule has 0 saturated carbocycles. The van der Waals surface area contributed by atoms with Gasteiger partial charge in [-0.15, -0.1) is 0 Å². The molecule has 0 heterocycles. The highest BCUT2D eigenvalue weighted by Crippen LogP contribution is 2.55. The fourth-order valence-electron chi connectivity index (χ4n) is 4.29. The van der Waals surface area contributed by atoms with Crippen LogP contribution in [0.5, 0.6) is 11.5 Å². The Labute approximate surface area is 243 Å². The third-order valence-electron chi connectivity index (χ3n) is 6.22. The molecular weight excluding hydrogens is 529 g/mol. The van der Waals surface area contributed by atoms with Crippen LogP contribution in [0.1, 0.15) is 113 Å². The quantitative estimate of drug-likeness (QED) is 0.0499. The molecule has 0 aromatic heterocycles. The zero-order valence-corrected chi connectivity index (χ0v) is 27.1. The van der Waals surface area contributed by atoms with Crippen molar-refractivity contribution in [3.63, 3.8) is 0 Å². The van der Waals surface area contributed by atoms with Crippen molar-refractivity contribution in [2.45, 2.75) is 119 Å². The SMILES string of the molecule is [C-]#[N+]CCOP(OC(c1cc(OCCCCC)c(OCCCCC)cc1[N+](=O)[O-])C(C)(C)C)N(C(C)C)C(C)C. The van der Waals surface area contributed by atoms with E-state index in [1.807, 2.05) is 20.8 Å². The average molecular weight is 582 g/mol. The van der Waals surface area contributed by atoms with E-state index in [-0.39, 0.29) is 35.8 Å². The highest BCUT2D eigenvalue weighted by atomic mass is 31.2. The lowest BCUT2D eigenvalue weighted by Crippen LogP contribution is -2.35. The zero-order valence-electron chi connectivity index (χ0n) is 26.2. The Hall–Kier alpha value is -1.98. The number of nitro benzene ring substituents is 1. The number of rotatable bonds is 20. The molecule has 228 valence electrons. The van der Waals surface area contributed by atoms with Gasteiger partial charge in [-0.2, -0.15) is 0 Å². The van der Waals surface area contributed by atoms with Gasteiger partial charge in [0.25, 0.3) is 14.2 Å².